The van der Waals surface area contributed by atoms with Crippen molar-refractivity contribution in [2.75, 3.05) is 0 Å². The van der Waals surface area contributed by atoms with E-state index in [4.69, 9.17) is 5.73 Å². The quantitative estimate of drug-likeness (QED) is 0.897. The zero-order chi connectivity index (χ0) is 16.3. The minimum Gasteiger partial charge on any atom is -0.324 e. The number of benzene rings is 1. The summed E-state index contributed by atoms with van der Waals surface area (Å²) in [5, 5.41) is 0. The van der Waals surface area contributed by atoms with Gasteiger partial charge in [0, 0.05) is 11.6 Å². The Morgan fingerprint density at radius 2 is 1.73 bits per heavy atom. The van der Waals surface area contributed by atoms with Crippen LogP contribution in [0.2, 0.25) is 0 Å². The van der Waals surface area contributed by atoms with Crippen LogP contribution in [0.4, 0.5) is 0 Å². The van der Waals surface area contributed by atoms with Crippen LogP contribution >= 0.6 is 0 Å². The molecule has 0 heterocycles. The van der Waals surface area contributed by atoms with Gasteiger partial charge in [-0.2, -0.15) is 0 Å². The molecule has 3 N–H and O–H groups in total. The molecule has 0 aliphatic heterocycles. The van der Waals surface area contributed by atoms with Gasteiger partial charge in [0.2, 0.25) is 10.0 Å². The molecule has 5 heteroatoms. The lowest BCUT2D eigenvalue weighted by atomic mass is 9.80. The third-order valence-corrected chi connectivity index (χ3v) is 7.35. The Morgan fingerprint density at radius 3 is 2.32 bits per heavy atom. The Labute approximate surface area is 133 Å². The van der Waals surface area contributed by atoms with Gasteiger partial charge in [-0.05, 0) is 56.1 Å². The molecule has 0 bridgehead atoms. The third-order valence-electron chi connectivity index (χ3n) is 5.86. The van der Waals surface area contributed by atoms with Crippen LogP contribution in [0.3, 0.4) is 0 Å². The normalized spacial score (nSPS) is 36.7. The highest BCUT2D eigenvalue weighted by atomic mass is 32.2. The molecule has 0 amide bonds. The van der Waals surface area contributed by atoms with Gasteiger partial charge in [-0.25, -0.2) is 13.1 Å². The fraction of sp³-hybridized carbons (Fsp3) is 0.647. The number of nitrogens with two attached hydrogens (primary N) is 1. The van der Waals surface area contributed by atoms with Crippen molar-refractivity contribution in [2.45, 2.75) is 57.0 Å². The van der Waals surface area contributed by atoms with Crippen LogP contribution in [0.5, 0.6) is 0 Å². The Bertz CT molecular complexity index is 677. The van der Waals surface area contributed by atoms with Crippen molar-refractivity contribution in [3.63, 3.8) is 0 Å². The van der Waals surface area contributed by atoms with E-state index >= 15 is 0 Å². The fourth-order valence-electron chi connectivity index (χ4n) is 4.03. The summed E-state index contributed by atoms with van der Waals surface area (Å²) in [6.45, 7) is 8.43. The summed E-state index contributed by atoms with van der Waals surface area (Å²) in [5.74, 6) is 1.21. The van der Waals surface area contributed by atoms with Gasteiger partial charge in [0.1, 0.15) is 0 Å². The highest BCUT2D eigenvalue weighted by molar-refractivity contribution is 7.89. The van der Waals surface area contributed by atoms with Gasteiger partial charge in [0.25, 0.3) is 0 Å². The monoisotopic (exact) mass is 322 g/mol. The maximum absolute atomic E-state index is 12.6. The number of fused-ring (bicyclic) bond motifs is 1. The van der Waals surface area contributed by atoms with Crippen LogP contribution in [-0.2, 0) is 10.0 Å². The highest BCUT2D eigenvalue weighted by Gasteiger charge is 2.63. The van der Waals surface area contributed by atoms with Gasteiger partial charge < -0.3 is 5.73 Å². The van der Waals surface area contributed by atoms with Crippen molar-refractivity contribution < 1.29 is 8.42 Å². The first-order valence-corrected chi connectivity index (χ1v) is 9.40. The van der Waals surface area contributed by atoms with E-state index in [2.05, 4.69) is 18.6 Å². The van der Waals surface area contributed by atoms with Crippen LogP contribution < -0.4 is 10.5 Å². The first-order chi connectivity index (χ1) is 10.0. The molecule has 1 aromatic carbocycles. The summed E-state index contributed by atoms with van der Waals surface area (Å²) >= 11 is 0. The molecule has 4 atom stereocenters. The fourth-order valence-corrected chi connectivity index (χ4v) is 5.40. The molecule has 3 rings (SSSR count). The second-order valence-electron chi connectivity index (χ2n) is 7.97. The largest absolute Gasteiger partial charge is 0.324 e. The van der Waals surface area contributed by atoms with Crippen molar-refractivity contribution in [2.24, 2.45) is 23.0 Å². The SMILES string of the molecule is Cc1ccc(S(=O)(=O)N[C@H]2C[C@@H]3[C@H](C[C@]2(C)N)C3(C)C)cc1. The summed E-state index contributed by atoms with van der Waals surface area (Å²) in [5.41, 5.74) is 7.29. The Balaban J connectivity index is 1.81. The molecule has 2 fully saturated rings. The molecule has 2 saturated carbocycles. The molecular formula is C17H26N2O2S. The molecule has 0 spiro atoms. The number of hydrogen-bond donors (Lipinski definition) is 2. The van der Waals surface area contributed by atoms with E-state index in [1.54, 1.807) is 12.1 Å². The molecule has 122 valence electrons. The summed E-state index contributed by atoms with van der Waals surface area (Å²) < 4.78 is 28.1. The standard InChI is InChI=1S/C17H26N2O2S/c1-11-5-7-12(8-6-11)22(20,21)19-15-9-13-14(16(13,2)3)10-17(15,4)18/h5-8,13-15,19H,9-10,18H2,1-4H3/t13-,14+,15+,17+/m1/s1. The maximum Gasteiger partial charge on any atom is 0.240 e. The molecule has 22 heavy (non-hydrogen) atoms. The van der Waals surface area contributed by atoms with Crippen LogP contribution in [0.15, 0.2) is 29.2 Å². The maximum atomic E-state index is 12.6. The third kappa shape index (κ3) is 2.59. The first kappa shape index (κ1) is 16.0. The second kappa shape index (κ2) is 4.79. The number of sulfonamides is 1. The van der Waals surface area contributed by atoms with Gasteiger partial charge in [0.05, 0.1) is 4.90 Å². The average Bonchev–Trinajstić information content (AvgIpc) is 2.90. The van der Waals surface area contributed by atoms with Gasteiger partial charge in [-0.1, -0.05) is 31.5 Å². The molecule has 0 aromatic heterocycles. The molecule has 0 unspecified atom stereocenters. The van der Waals surface area contributed by atoms with Crippen LogP contribution in [-0.4, -0.2) is 20.0 Å². The predicted octanol–water partition coefficient (Wildman–Crippen LogP) is 2.43. The summed E-state index contributed by atoms with van der Waals surface area (Å²) in [6.07, 6.45) is 1.71. The van der Waals surface area contributed by atoms with E-state index in [0.717, 1.165) is 18.4 Å². The Morgan fingerprint density at radius 1 is 1.14 bits per heavy atom. The van der Waals surface area contributed by atoms with Crippen molar-refractivity contribution in [1.82, 2.24) is 4.72 Å². The number of rotatable bonds is 3. The zero-order valence-electron chi connectivity index (χ0n) is 13.8. The number of nitrogens with one attached hydrogen (secondary N) is 1. The molecule has 2 aliphatic carbocycles. The van der Waals surface area contributed by atoms with Crippen LogP contribution in [0.1, 0.15) is 39.2 Å². The molecule has 2 aliphatic rings. The van der Waals surface area contributed by atoms with E-state index in [-0.39, 0.29) is 6.04 Å². The smallest absolute Gasteiger partial charge is 0.240 e. The second-order valence-corrected chi connectivity index (χ2v) is 9.68. The van der Waals surface area contributed by atoms with Crippen LogP contribution in [0, 0.1) is 24.2 Å². The average molecular weight is 322 g/mol. The molecular weight excluding hydrogens is 296 g/mol. The summed E-state index contributed by atoms with van der Waals surface area (Å²) in [7, 11) is -3.52. The van der Waals surface area contributed by atoms with E-state index in [1.807, 2.05) is 26.0 Å². The van der Waals surface area contributed by atoms with Crippen molar-refractivity contribution in [3.8, 4) is 0 Å². The zero-order valence-corrected chi connectivity index (χ0v) is 14.6. The lowest BCUT2D eigenvalue weighted by molar-refractivity contribution is 0.248. The Hall–Kier alpha value is -0.910. The molecule has 1 aromatic rings. The number of hydrogen-bond acceptors (Lipinski definition) is 3. The topological polar surface area (TPSA) is 72.2 Å². The molecule has 0 radical (unpaired) electrons. The van der Waals surface area contributed by atoms with E-state index in [9.17, 15) is 8.42 Å². The predicted molar refractivity (Wildman–Crippen MR) is 87.9 cm³/mol. The lowest BCUT2D eigenvalue weighted by Crippen LogP contribution is -2.58. The molecule has 4 nitrogen and oxygen atoms in total. The molecule has 0 saturated heterocycles. The number of aryl methyl sites for hydroxylation is 1. The van der Waals surface area contributed by atoms with Gasteiger partial charge >= 0.3 is 0 Å². The van der Waals surface area contributed by atoms with E-state index < -0.39 is 15.6 Å². The summed E-state index contributed by atoms with van der Waals surface area (Å²) in [6, 6.07) is 6.73. The first-order valence-electron chi connectivity index (χ1n) is 7.92. The van der Waals surface area contributed by atoms with Crippen molar-refractivity contribution in [3.05, 3.63) is 29.8 Å². The van der Waals surface area contributed by atoms with Gasteiger partial charge in [-0.3, -0.25) is 0 Å². The van der Waals surface area contributed by atoms with E-state index in [1.165, 1.54) is 0 Å². The minimum absolute atomic E-state index is 0.207. The van der Waals surface area contributed by atoms with Crippen LogP contribution in [0.25, 0.3) is 0 Å². The minimum atomic E-state index is -3.52. The lowest BCUT2D eigenvalue weighted by Gasteiger charge is -2.38. The summed E-state index contributed by atoms with van der Waals surface area (Å²) in [4.78, 5) is 0.311. The van der Waals surface area contributed by atoms with Gasteiger partial charge in [0.15, 0.2) is 0 Å². The van der Waals surface area contributed by atoms with Gasteiger partial charge in [-0.15, -0.1) is 0 Å². The van der Waals surface area contributed by atoms with E-state index in [0.29, 0.717) is 22.1 Å². The van der Waals surface area contributed by atoms with Crippen molar-refractivity contribution in [1.29, 1.82) is 0 Å². The highest BCUT2D eigenvalue weighted by Crippen LogP contribution is 2.66. The Kier molecular flexibility index (Phi) is 3.48. The van der Waals surface area contributed by atoms with Crippen molar-refractivity contribution >= 4 is 10.0 Å².